The Morgan fingerprint density at radius 1 is 1.11 bits per heavy atom. The summed E-state index contributed by atoms with van der Waals surface area (Å²) < 4.78 is 0. The second kappa shape index (κ2) is 8.35. The lowest BCUT2D eigenvalue weighted by atomic mass is 10.1. The molecule has 0 spiro atoms. The molecule has 0 fully saturated rings. The van der Waals surface area contributed by atoms with Crippen molar-refractivity contribution >= 4 is 33.9 Å². The zero-order chi connectivity index (χ0) is 19.4. The number of aromatic nitrogens is 1. The molecule has 4 nitrogen and oxygen atoms in total. The van der Waals surface area contributed by atoms with Crippen molar-refractivity contribution in [2.75, 3.05) is 11.9 Å². The quantitative estimate of drug-likeness (QED) is 0.581. The minimum Gasteiger partial charge on any atom is -0.362 e. The van der Waals surface area contributed by atoms with E-state index in [0.717, 1.165) is 34.1 Å². The highest BCUT2D eigenvalue weighted by Gasteiger charge is 2.07. The maximum atomic E-state index is 12.3. The van der Waals surface area contributed by atoms with E-state index in [-0.39, 0.29) is 5.56 Å². The Balaban J connectivity index is 1.64. The number of aryl methyl sites for hydroxylation is 3. The third-order valence-electron chi connectivity index (χ3n) is 4.74. The number of aromatic amines is 1. The highest BCUT2D eigenvalue weighted by molar-refractivity contribution is 7.80. The Bertz CT molecular complexity index is 1040. The van der Waals surface area contributed by atoms with Crippen molar-refractivity contribution in [3.05, 3.63) is 75.1 Å². The van der Waals surface area contributed by atoms with E-state index in [9.17, 15) is 4.79 Å². The number of rotatable bonds is 5. The molecule has 0 unspecified atom stereocenters. The Morgan fingerprint density at radius 2 is 1.93 bits per heavy atom. The van der Waals surface area contributed by atoms with E-state index in [1.165, 1.54) is 11.1 Å². The third-order valence-corrected chi connectivity index (χ3v) is 4.98. The summed E-state index contributed by atoms with van der Waals surface area (Å²) in [5.41, 5.74) is 6.19. The predicted molar refractivity (Wildman–Crippen MR) is 118 cm³/mol. The number of H-pyrrole nitrogens is 1. The van der Waals surface area contributed by atoms with Crippen molar-refractivity contribution in [3.8, 4) is 0 Å². The highest BCUT2D eigenvalue weighted by atomic mass is 32.1. The first-order valence-electron chi connectivity index (χ1n) is 9.24. The second-order valence-corrected chi connectivity index (χ2v) is 7.22. The summed E-state index contributed by atoms with van der Waals surface area (Å²) in [6.45, 7) is 6.81. The van der Waals surface area contributed by atoms with E-state index in [1.54, 1.807) is 0 Å². The number of thiocarbonyl (C=S) groups is 1. The minimum absolute atomic E-state index is 0.0408. The van der Waals surface area contributed by atoms with Crippen LogP contribution in [-0.2, 0) is 12.8 Å². The van der Waals surface area contributed by atoms with Crippen LogP contribution in [0.1, 0.15) is 29.2 Å². The van der Waals surface area contributed by atoms with E-state index in [4.69, 9.17) is 12.2 Å². The number of fused-ring (bicyclic) bond motifs is 1. The maximum absolute atomic E-state index is 12.3. The molecule has 1 heterocycles. The van der Waals surface area contributed by atoms with E-state index in [2.05, 4.69) is 53.7 Å². The molecule has 0 saturated carbocycles. The van der Waals surface area contributed by atoms with E-state index >= 15 is 0 Å². The molecule has 0 bridgehead atoms. The van der Waals surface area contributed by atoms with E-state index < -0.39 is 0 Å². The molecule has 0 aliphatic heterocycles. The fourth-order valence-electron chi connectivity index (χ4n) is 3.22. The minimum atomic E-state index is -0.0408. The van der Waals surface area contributed by atoms with Gasteiger partial charge in [-0.15, -0.1) is 0 Å². The standard InChI is InChI=1S/C22H25N3OS/c1-4-16-7-5-6-15(3)20(16)25-22(27)23-11-10-18-13-17-9-8-14(2)12-19(17)24-21(18)26/h5-9,12-13H,4,10-11H2,1-3H3,(H,24,26)(H2,23,25,27). The Kier molecular flexibility index (Phi) is 5.91. The van der Waals surface area contributed by atoms with Gasteiger partial charge in [0, 0.05) is 23.3 Å². The van der Waals surface area contributed by atoms with Crippen LogP contribution in [0.2, 0.25) is 0 Å². The number of nitrogens with one attached hydrogen (secondary N) is 3. The first-order chi connectivity index (χ1) is 13.0. The number of hydrogen-bond donors (Lipinski definition) is 3. The highest BCUT2D eigenvalue weighted by Crippen LogP contribution is 2.20. The zero-order valence-corrected chi connectivity index (χ0v) is 16.8. The van der Waals surface area contributed by atoms with Crippen LogP contribution < -0.4 is 16.2 Å². The summed E-state index contributed by atoms with van der Waals surface area (Å²) >= 11 is 5.43. The monoisotopic (exact) mass is 379 g/mol. The molecule has 0 radical (unpaired) electrons. The SMILES string of the molecule is CCc1cccc(C)c1NC(=S)NCCc1cc2ccc(C)cc2[nH]c1=O. The van der Waals surface area contributed by atoms with Gasteiger partial charge in [-0.05, 0) is 73.1 Å². The third kappa shape index (κ3) is 4.55. The van der Waals surface area contributed by atoms with Crippen LogP contribution in [0, 0.1) is 13.8 Å². The summed E-state index contributed by atoms with van der Waals surface area (Å²) in [6.07, 6.45) is 1.55. The molecule has 5 heteroatoms. The molecule has 27 heavy (non-hydrogen) atoms. The molecular weight excluding hydrogens is 354 g/mol. The van der Waals surface area contributed by atoms with Gasteiger partial charge in [0.1, 0.15) is 0 Å². The van der Waals surface area contributed by atoms with Crippen molar-refractivity contribution in [2.24, 2.45) is 0 Å². The van der Waals surface area contributed by atoms with E-state index in [0.29, 0.717) is 18.1 Å². The van der Waals surface area contributed by atoms with Crippen molar-refractivity contribution < 1.29 is 0 Å². The number of benzene rings is 2. The molecule has 0 saturated heterocycles. The van der Waals surface area contributed by atoms with Gasteiger partial charge in [0.2, 0.25) is 0 Å². The van der Waals surface area contributed by atoms with Crippen LogP contribution >= 0.6 is 12.2 Å². The lowest BCUT2D eigenvalue weighted by Crippen LogP contribution is -2.31. The van der Waals surface area contributed by atoms with Crippen LogP contribution in [0.25, 0.3) is 10.9 Å². The average molecular weight is 380 g/mol. The van der Waals surface area contributed by atoms with Gasteiger partial charge in [0.15, 0.2) is 5.11 Å². The van der Waals surface area contributed by atoms with Crippen molar-refractivity contribution in [1.29, 1.82) is 0 Å². The van der Waals surface area contributed by atoms with Crippen LogP contribution in [0.4, 0.5) is 5.69 Å². The Hall–Kier alpha value is -2.66. The fraction of sp³-hybridized carbons (Fsp3) is 0.273. The van der Waals surface area contributed by atoms with Gasteiger partial charge in [0.05, 0.1) is 0 Å². The molecule has 3 aromatic rings. The summed E-state index contributed by atoms with van der Waals surface area (Å²) in [4.78, 5) is 15.3. The van der Waals surface area contributed by atoms with Crippen molar-refractivity contribution in [2.45, 2.75) is 33.6 Å². The van der Waals surface area contributed by atoms with Gasteiger partial charge in [-0.3, -0.25) is 4.79 Å². The number of para-hydroxylation sites is 1. The first kappa shape index (κ1) is 19.1. The predicted octanol–water partition coefficient (Wildman–Crippen LogP) is 4.24. The molecule has 2 aromatic carbocycles. The lowest BCUT2D eigenvalue weighted by Gasteiger charge is -2.15. The van der Waals surface area contributed by atoms with Gasteiger partial charge in [0.25, 0.3) is 5.56 Å². The van der Waals surface area contributed by atoms with Crippen LogP contribution in [0.3, 0.4) is 0 Å². The maximum Gasteiger partial charge on any atom is 0.251 e. The summed E-state index contributed by atoms with van der Waals surface area (Å²) in [6, 6.07) is 14.3. The van der Waals surface area contributed by atoms with Crippen LogP contribution in [0.15, 0.2) is 47.3 Å². The lowest BCUT2D eigenvalue weighted by molar-refractivity contribution is 0.863. The average Bonchev–Trinajstić information content (AvgIpc) is 2.64. The van der Waals surface area contributed by atoms with Gasteiger partial charge in [-0.2, -0.15) is 0 Å². The smallest absolute Gasteiger partial charge is 0.251 e. The molecule has 0 aliphatic carbocycles. The summed E-state index contributed by atoms with van der Waals surface area (Å²) in [5.74, 6) is 0. The van der Waals surface area contributed by atoms with Crippen molar-refractivity contribution in [1.82, 2.24) is 10.3 Å². The molecule has 3 rings (SSSR count). The van der Waals surface area contributed by atoms with Crippen LogP contribution in [0.5, 0.6) is 0 Å². The van der Waals surface area contributed by atoms with Gasteiger partial charge < -0.3 is 15.6 Å². The van der Waals surface area contributed by atoms with Gasteiger partial charge in [-0.1, -0.05) is 37.3 Å². The summed E-state index contributed by atoms with van der Waals surface area (Å²) in [5, 5.41) is 8.13. The van der Waals surface area contributed by atoms with E-state index in [1.807, 2.05) is 25.1 Å². The topological polar surface area (TPSA) is 56.9 Å². The molecule has 0 aliphatic rings. The Morgan fingerprint density at radius 3 is 2.70 bits per heavy atom. The van der Waals surface area contributed by atoms with Crippen molar-refractivity contribution in [3.63, 3.8) is 0 Å². The molecular formula is C22H25N3OS. The molecule has 1 aromatic heterocycles. The molecule has 140 valence electrons. The summed E-state index contributed by atoms with van der Waals surface area (Å²) in [7, 11) is 0. The number of hydrogen-bond acceptors (Lipinski definition) is 2. The zero-order valence-electron chi connectivity index (χ0n) is 16.0. The number of pyridine rings is 1. The normalized spacial score (nSPS) is 10.8. The molecule has 0 atom stereocenters. The fourth-order valence-corrected chi connectivity index (χ4v) is 3.42. The number of anilines is 1. The van der Waals surface area contributed by atoms with Gasteiger partial charge in [-0.25, -0.2) is 0 Å². The molecule has 3 N–H and O–H groups in total. The largest absolute Gasteiger partial charge is 0.362 e. The second-order valence-electron chi connectivity index (χ2n) is 6.81. The Labute approximate surface area is 165 Å². The van der Waals surface area contributed by atoms with Gasteiger partial charge >= 0.3 is 0 Å². The molecule has 0 amide bonds. The van der Waals surface area contributed by atoms with Crippen LogP contribution in [-0.4, -0.2) is 16.6 Å². The first-order valence-corrected chi connectivity index (χ1v) is 9.64.